The van der Waals surface area contributed by atoms with Gasteiger partial charge in [-0.3, -0.25) is 4.79 Å². The van der Waals surface area contributed by atoms with Crippen LogP contribution in [0.15, 0.2) is 133 Å². The molecule has 0 heterocycles. The van der Waals surface area contributed by atoms with Gasteiger partial charge in [0.15, 0.2) is 5.78 Å². The highest BCUT2D eigenvalue weighted by atomic mass is 16.1. The van der Waals surface area contributed by atoms with Crippen molar-refractivity contribution in [2.45, 2.75) is 0 Å². The smallest absolute Gasteiger partial charge is 0.194 e. The predicted octanol–water partition coefficient (Wildman–Crippen LogP) is 8.29. The fourth-order valence-electron chi connectivity index (χ4n) is 4.77. The maximum Gasteiger partial charge on any atom is 0.194 e. The van der Waals surface area contributed by atoms with Crippen LogP contribution in [0, 0.1) is 0 Å². The Bertz CT molecular complexity index is 1440. The topological polar surface area (TPSA) is 20.3 Å². The van der Waals surface area contributed by atoms with Gasteiger partial charge in [0, 0.05) is 28.2 Å². The van der Waals surface area contributed by atoms with E-state index in [1.54, 1.807) is 0 Å². The van der Waals surface area contributed by atoms with Crippen LogP contribution in [0.25, 0.3) is 11.6 Å². The molecule has 6 rings (SSSR count). The average molecular weight is 450 g/mol. The summed E-state index contributed by atoms with van der Waals surface area (Å²) in [5.74, 6) is 0.0880. The Morgan fingerprint density at radius 2 is 0.829 bits per heavy atom. The Hall–Kier alpha value is -4.69. The van der Waals surface area contributed by atoms with Crippen LogP contribution in [-0.4, -0.2) is 5.78 Å². The quantitative estimate of drug-likeness (QED) is 0.270. The molecule has 2 nitrogen and oxygen atoms in total. The van der Waals surface area contributed by atoms with Crippen molar-refractivity contribution >= 4 is 34.5 Å². The molecule has 5 aromatic rings. The SMILES string of the molecule is O=C1c2ccccc2C(=Cc2ccc(N(c3ccccc3)c3ccccc3)cc2)c2ccccc21. The number of nitrogens with zero attached hydrogens (tertiary/aromatic N) is 1. The van der Waals surface area contributed by atoms with E-state index < -0.39 is 0 Å². The highest BCUT2D eigenvalue weighted by Gasteiger charge is 2.26. The molecule has 0 saturated carbocycles. The molecule has 2 heteroatoms. The summed E-state index contributed by atoms with van der Waals surface area (Å²) in [4.78, 5) is 15.3. The maximum absolute atomic E-state index is 13.1. The van der Waals surface area contributed by atoms with E-state index in [4.69, 9.17) is 0 Å². The second-order valence-electron chi connectivity index (χ2n) is 8.58. The van der Waals surface area contributed by atoms with Gasteiger partial charge in [0.25, 0.3) is 0 Å². The molecule has 35 heavy (non-hydrogen) atoms. The van der Waals surface area contributed by atoms with E-state index in [1.807, 2.05) is 60.7 Å². The van der Waals surface area contributed by atoms with Crippen molar-refractivity contribution in [1.29, 1.82) is 0 Å². The zero-order valence-corrected chi connectivity index (χ0v) is 19.1. The number of benzene rings is 5. The van der Waals surface area contributed by atoms with Crippen molar-refractivity contribution < 1.29 is 4.79 Å². The number of hydrogen-bond donors (Lipinski definition) is 0. The number of anilines is 3. The third-order valence-electron chi connectivity index (χ3n) is 6.41. The summed E-state index contributed by atoms with van der Waals surface area (Å²) in [6.07, 6.45) is 2.18. The number of rotatable bonds is 4. The number of hydrogen-bond acceptors (Lipinski definition) is 2. The van der Waals surface area contributed by atoms with Gasteiger partial charge < -0.3 is 4.90 Å². The van der Waals surface area contributed by atoms with Crippen LogP contribution in [0.1, 0.15) is 32.6 Å². The minimum Gasteiger partial charge on any atom is -0.311 e. The molecule has 0 aliphatic heterocycles. The highest BCUT2D eigenvalue weighted by Crippen LogP contribution is 2.38. The monoisotopic (exact) mass is 449 g/mol. The molecule has 0 fully saturated rings. The van der Waals surface area contributed by atoms with E-state index in [-0.39, 0.29) is 5.78 Å². The van der Waals surface area contributed by atoms with Gasteiger partial charge in [0.1, 0.15) is 0 Å². The first-order valence-corrected chi connectivity index (χ1v) is 11.7. The van der Waals surface area contributed by atoms with E-state index in [2.05, 4.69) is 83.8 Å². The zero-order chi connectivity index (χ0) is 23.6. The number of carbonyl (C=O) groups excluding carboxylic acids is 1. The number of ketones is 1. The number of carbonyl (C=O) groups is 1. The van der Waals surface area contributed by atoms with Gasteiger partial charge in [0.05, 0.1) is 0 Å². The lowest BCUT2D eigenvalue weighted by atomic mass is 9.81. The van der Waals surface area contributed by atoms with Crippen LogP contribution >= 0.6 is 0 Å². The van der Waals surface area contributed by atoms with Gasteiger partial charge in [-0.25, -0.2) is 0 Å². The normalized spacial score (nSPS) is 12.0. The Balaban J connectivity index is 1.43. The lowest BCUT2D eigenvalue weighted by Crippen LogP contribution is -2.14. The van der Waals surface area contributed by atoms with Gasteiger partial charge in [-0.05, 0) is 64.7 Å². The molecule has 0 saturated heterocycles. The molecule has 1 aliphatic rings. The fourth-order valence-corrected chi connectivity index (χ4v) is 4.77. The van der Waals surface area contributed by atoms with Crippen LogP contribution in [0.2, 0.25) is 0 Å². The van der Waals surface area contributed by atoms with E-state index >= 15 is 0 Å². The van der Waals surface area contributed by atoms with Gasteiger partial charge in [-0.1, -0.05) is 97.1 Å². The van der Waals surface area contributed by atoms with Gasteiger partial charge in [-0.2, -0.15) is 0 Å². The summed E-state index contributed by atoms with van der Waals surface area (Å²) in [7, 11) is 0. The molecular formula is C33H23NO. The van der Waals surface area contributed by atoms with E-state index in [9.17, 15) is 4.79 Å². The molecule has 166 valence electrons. The predicted molar refractivity (Wildman–Crippen MR) is 144 cm³/mol. The summed E-state index contributed by atoms with van der Waals surface area (Å²) in [6.45, 7) is 0. The largest absolute Gasteiger partial charge is 0.311 e. The Morgan fingerprint density at radius 3 is 1.31 bits per heavy atom. The van der Waals surface area contributed by atoms with Gasteiger partial charge in [0.2, 0.25) is 0 Å². The second kappa shape index (κ2) is 8.92. The number of para-hydroxylation sites is 2. The summed E-state index contributed by atoms with van der Waals surface area (Å²) in [5.41, 5.74) is 8.95. The molecule has 0 N–H and O–H groups in total. The highest BCUT2D eigenvalue weighted by molar-refractivity contribution is 6.20. The molecule has 0 unspecified atom stereocenters. The van der Waals surface area contributed by atoms with Crippen molar-refractivity contribution in [1.82, 2.24) is 0 Å². The molecule has 0 radical (unpaired) electrons. The summed E-state index contributed by atoms with van der Waals surface area (Å²) >= 11 is 0. The Labute approximate surface area is 205 Å². The molecular weight excluding hydrogens is 426 g/mol. The Morgan fingerprint density at radius 1 is 0.429 bits per heavy atom. The van der Waals surface area contributed by atoms with E-state index in [0.29, 0.717) is 0 Å². The third kappa shape index (κ3) is 3.85. The maximum atomic E-state index is 13.1. The summed E-state index contributed by atoms with van der Waals surface area (Å²) < 4.78 is 0. The number of fused-ring (bicyclic) bond motifs is 2. The lowest BCUT2D eigenvalue weighted by Gasteiger charge is -2.25. The second-order valence-corrected chi connectivity index (χ2v) is 8.58. The molecule has 0 amide bonds. The molecule has 5 aromatic carbocycles. The first-order chi connectivity index (χ1) is 17.3. The molecule has 0 aromatic heterocycles. The fraction of sp³-hybridized carbons (Fsp3) is 0. The van der Waals surface area contributed by atoms with Crippen molar-refractivity contribution in [2.24, 2.45) is 0 Å². The van der Waals surface area contributed by atoms with Crippen LogP contribution in [-0.2, 0) is 0 Å². The minimum absolute atomic E-state index is 0.0880. The molecule has 0 atom stereocenters. The van der Waals surface area contributed by atoms with Crippen molar-refractivity contribution in [3.63, 3.8) is 0 Å². The van der Waals surface area contributed by atoms with E-state index in [1.165, 1.54) is 0 Å². The van der Waals surface area contributed by atoms with Crippen LogP contribution < -0.4 is 4.90 Å². The van der Waals surface area contributed by atoms with Crippen molar-refractivity contribution in [3.05, 3.63) is 161 Å². The third-order valence-corrected chi connectivity index (χ3v) is 6.41. The van der Waals surface area contributed by atoms with Gasteiger partial charge in [-0.15, -0.1) is 0 Å². The van der Waals surface area contributed by atoms with Gasteiger partial charge >= 0.3 is 0 Å². The molecule has 0 spiro atoms. The minimum atomic E-state index is 0.0880. The molecule has 1 aliphatic carbocycles. The van der Waals surface area contributed by atoms with Crippen LogP contribution in [0.3, 0.4) is 0 Å². The summed E-state index contributed by atoms with van der Waals surface area (Å²) in [5, 5.41) is 0. The Kier molecular flexibility index (Phi) is 5.32. The lowest BCUT2D eigenvalue weighted by molar-refractivity contribution is 0.103. The molecule has 0 bridgehead atoms. The van der Waals surface area contributed by atoms with E-state index in [0.717, 1.165) is 50.5 Å². The van der Waals surface area contributed by atoms with Crippen LogP contribution in [0.5, 0.6) is 0 Å². The van der Waals surface area contributed by atoms with Crippen molar-refractivity contribution in [2.75, 3.05) is 4.90 Å². The first kappa shape index (κ1) is 20.9. The van der Waals surface area contributed by atoms with Crippen LogP contribution in [0.4, 0.5) is 17.1 Å². The standard InChI is InChI=1S/C33H23NO/c35-33-30-17-9-7-15-28(30)32(29-16-8-10-18-31(29)33)23-24-19-21-27(22-20-24)34(25-11-3-1-4-12-25)26-13-5-2-6-14-26/h1-23H. The first-order valence-electron chi connectivity index (χ1n) is 11.7. The van der Waals surface area contributed by atoms with Crippen molar-refractivity contribution in [3.8, 4) is 0 Å². The summed E-state index contributed by atoms with van der Waals surface area (Å²) in [6, 6.07) is 45.1. The zero-order valence-electron chi connectivity index (χ0n) is 19.1. The average Bonchev–Trinajstić information content (AvgIpc) is 2.93.